The van der Waals surface area contributed by atoms with E-state index >= 15 is 0 Å². The van der Waals surface area contributed by atoms with E-state index in [4.69, 9.17) is 4.74 Å². The Labute approximate surface area is 181 Å². The fraction of sp³-hybridized carbons (Fsp3) is 0.375. The predicted octanol–water partition coefficient (Wildman–Crippen LogP) is 5.94. The highest BCUT2D eigenvalue weighted by molar-refractivity contribution is 9.11. The largest absolute Gasteiger partial charge is 0.424 e. The molecule has 2 aromatic heterocycles. The molecule has 2 heterocycles. The number of rotatable bonds is 4. The van der Waals surface area contributed by atoms with Crippen molar-refractivity contribution in [1.29, 1.82) is 0 Å². The highest BCUT2D eigenvalue weighted by Crippen LogP contribution is 2.24. The van der Waals surface area contributed by atoms with Crippen molar-refractivity contribution in [3.8, 4) is 11.8 Å². The van der Waals surface area contributed by atoms with E-state index in [1.807, 2.05) is 27.7 Å². The lowest BCUT2D eigenvalue weighted by atomic mass is 10.3. The Morgan fingerprint density at radius 1 is 0.852 bits per heavy atom. The monoisotopic (exact) mass is 566 g/mol. The van der Waals surface area contributed by atoms with Gasteiger partial charge in [-0.05, 0) is 99.8 Å². The molecule has 0 unspecified atom stereocenters. The van der Waals surface area contributed by atoms with Gasteiger partial charge >= 0.3 is 6.01 Å². The highest BCUT2D eigenvalue weighted by atomic mass is 79.9. The summed E-state index contributed by atoms with van der Waals surface area (Å²) in [6.07, 6.45) is 0. The molecule has 0 aliphatic rings. The van der Waals surface area contributed by atoms with Gasteiger partial charge in [-0.2, -0.15) is 9.97 Å². The maximum absolute atomic E-state index is 12.7. The Balaban J connectivity index is 0.000000223. The maximum atomic E-state index is 12.7. The highest BCUT2D eigenvalue weighted by Gasteiger charge is 2.13. The summed E-state index contributed by atoms with van der Waals surface area (Å²) in [7, 11) is 0. The van der Waals surface area contributed by atoms with Crippen molar-refractivity contribution in [1.82, 2.24) is 29.5 Å². The van der Waals surface area contributed by atoms with E-state index in [1.54, 1.807) is 21.5 Å². The van der Waals surface area contributed by atoms with Crippen molar-refractivity contribution >= 4 is 47.8 Å². The average molecular weight is 569 g/mol. The van der Waals surface area contributed by atoms with Crippen molar-refractivity contribution in [2.45, 2.75) is 39.8 Å². The Bertz CT molecular complexity index is 879. The second kappa shape index (κ2) is 9.74. The molecule has 3 aromatic rings. The smallest absolute Gasteiger partial charge is 0.321 e. The van der Waals surface area contributed by atoms with Gasteiger partial charge in [0.25, 0.3) is 0 Å². The van der Waals surface area contributed by atoms with Crippen LogP contribution in [0.1, 0.15) is 39.8 Å². The molecule has 0 aliphatic carbocycles. The van der Waals surface area contributed by atoms with Gasteiger partial charge in [-0.3, -0.25) is 0 Å². The molecule has 146 valence electrons. The molecule has 0 N–H and O–H groups in total. The van der Waals surface area contributed by atoms with Crippen molar-refractivity contribution in [2.75, 3.05) is 0 Å². The maximum Gasteiger partial charge on any atom is 0.321 e. The molecule has 27 heavy (non-hydrogen) atoms. The van der Waals surface area contributed by atoms with Gasteiger partial charge in [-0.25, -0.2) is 13.8 Å². The van der Waals surface area contributed by atoms with Gasteiger partial charge in [-0.1, -0.05) is 0 Å². The van der Waals surface area contributed by atoms with Crippen molar-refractivity contribution in [2.24, 2.45) is 0 Å². The molecule has 3 rings (SSSR count). The summed E-state index contributed by atoms with van der Waals surface area (Å²) in [5, 5.41) is 8.23. The van der Waals surface area contributed by atoms with Gasteiger partial charge in [0.2, 0.25) is 9.47 Å². The zero-order chi connectivity index (χ0) is 20.1. The van der Waals surface area contributed by atoms with Crippen LogP contribution in [0.15, 0.2) is 38.5 Å². The van der Waals surface area contributed by atoms with Gasteiger partial charge in [0.1, 0.15) is 11.6 Å². The first-order valence-corrected chi connectivity index (χ1v) is 10.4. The number of nitrogens with zero attached hydrogens (tertiary/aromatic N) is 6. The lowest BCUT2D eigenvalue weighted by molar-refractivity contribution is 0.376. The molecular formula is C16H18Br3FN6O. The van der Waals surface area contributed by atoms with Crippen LogP contribution in [0.4, 0.5) is 4.39 Å². The molecular weight excluding hydrogens is 551 g/mol. The number of benzene rings is 1. The number of ether oxygens (including phenoxy) is 1. The summed E-state index contributed by atoms with van der Waals surface area (Å²) in [4.78, 5) is 8.12. The van der Waals surface area contributed by atoms with E-state index in [-0.39, 0.29) is 11.9 Å². The molecule has 0 amide bonds. The van der Waals surface area contributed by atoms with Crippen LogP contribution >= 0.6 is 47.8 Å². The average Bonchev–Trinajstić information content (AvgIpc) is 3.12. The van der Waals surface area contributed by atoms with Crippen molar-refractivity contribution in [3.05, 3.63) is 44.3 Å². The second-order valence-corrected chi connectivity index (χ2v) is 8.07. The lowest BCUT2D eigenvalue weighted by Crippen LogP contribution is -2.05. The van der Waals surface area contributed by atoms with Crippen LogP contribution < -0.4 is 4.74 Å². The molecule has 0 saturated carbocycles. The van der Waals surface area contributed by atoms with Crippen LogP contribution in [0, 0.1) is 5.82 Å². The van der Waals surface area contributed by atoms with E-state index in [0.29, 0.717) is 27.3 Å². The fourth-order valence-corrected chi connectivity index (χ4v) is 3.46. The summed E-state index contributed by atoms with van der Waals surface area (Å²) >= 11 is 9.65. The number of hydrogen-bond acceptors (Lipinski definition) is 5. The summed E-state index contributed by atoms with van der Waals surface area (Å²) in [6.45, 7) is 8.04. The van der Waals surface area contributed by atoms with E-state index in [1.165, 1.54) is 12.1 Å². The standard InChI is InChI=1S/C11H11BrFN3O.C5H7Br2N3/c1-7(2)16-11(14-10(12)15-16)17-9-5-3-8(13)4-6-9;1-3(2)10-5(7)8-4(6)9-10/h3-7H,1-2H3;3H,1-2H3. The fourth-order valence-electron chi connectivity index (χ4n) is 1.91. The zero-order valence-corrected chi connectivity index (χ0v) is 19.8. The Morgan fingerprint density at radius 3 is 1.81 bits per heavy atom. The lowest BCUT2D eigenvalue weighted by Gasteiger charge is -2.09. The van der Waals surface area contributed by atoms with E-state index < -0.39 is 0 Å². The first kappa shape index (κ1) is 22.0. The molecule has 7 nitrogen and oxygen atoms in total. The minimum Gasteiger partial charge on any atom is -0.424 e. The normalized spacial score (nSPS) is 10.9. The van der Waals surface area contributed by atoms with Gasteiger partial charge < -0.3 is 4.74 Å². The molecule has 0 saturated heterocycles. The first-order valence-electron chi connectivity index (χ1n) is 8.00. The quantitative estimate of drug-likeness (QED) is 0.390. The van der Waals surface area contributed by atoms with Crippen LogP contribution in [0.5, 0.6) is 11.8 Å². The zero-order valence-electron chi connectivity index (χ0n) is 15.1. The van der Waals surface area contributed by atoms with Crippen LogP contribution in [-0.4, -0.2) is 29.5 Å². The summed E-state index contributed by atoms with van der Waals surface area (Å²) < 4.78 is 23.6. The van der Waals surface area contributed by atoms with E-state index in [9.17, 15) is 4.39 Å². The summed E-state index contributed by atoms with van der Waals surface area (Å²) in [6, 6.07) is 6.60. The molecule has 0 spiro atoms. The van der Waals surface area contributed by atoms with E-state index in [0.717, 1.165) is 4.73 Å². The Morgan fingerprint density at radius 2 is 1.37 bits per heavy atom. The SMILES string of the molecule is CC(C)n1nc(Br)nc1Br.CC(C)n1nc(Br)nc1Oc1ccc(F)cc1. The summed E-state index contributed by atoms with van der Waals surface area (Å²) in [5.41, 5.74) is 0. The van der Waals surface area contributed by atoms with Crippen LogP contribution in [0.25, 0.3) is 0 Å². The van der Waals surface area contributed by atoms with Gasteiger partial charge in [0.05, 0.1) is 6.04 Å². The minimum atomic E-state index is -0.302. The number of aromatic nitrogens is 6. The van der Waals surface area contributed by atoms with Gasteiger partial charge in [0, 0.05) is 6.04 Å². The molecule has 0 radical (unpaired) electrons. The van der Waals surface area contributed by atoms with Gasteiger partial charge in [-0.15, -0.1) is 10.2 Å². The first-order chi connectivity index (χ1) is 12.7. The molecule has 0 bridgehead atoms. The van der Waals surface area contributed by atoms with Crippen LogP contribution in [0.3, 0.4) is 0 Å². The molecule has 0 atom stereocenters. The van der Waals surface area contributed by atoms with E-state index in [2.05, 4.69) is 68.0 Å². The molecule has 0 fully saturated rings. The minimum absolute atomic E-state index is 0.129. The van der Waals surface area contributed by atoms with Crippen LogP contribution in [0.2, 0.25) is 0 Å². The van der Waals surface area contributed by atoms with Gasteiger partial charge in [0.15, 0.2) is 4.73 Å². The van der Waals surface area contributed by atoms with Crippen molar-refractivity contribution < 1.29 is 9.13 Å². The predicted molar refractivity (Wildman–Crippen MR) is 110 cm³/mol. The topological polar surface area (TPSA) is 70.7 Å². The number of halogens is 4. The molecule has 1 aromatic carbocycles. The third kappa shape index (κ3) is 6.35. The van der Waals surface area contributed by atoms with Crippen LogP contribution in [-0.2, 0) is 0 Å². The third-order valence-corrected chi connectivity index (χ3v) is 4.35. The number of hydrogen-bond donors (Lipinski definition) is 0. The Kier molecular flexibility index (Phi) is 7.92. The third-order valence-electron chi connectivity index (χ3n) is 3.14. The summed E-state index contributed by atoms with van der Waals surface area (Å²) in [5.74, 6) is 0.219. The second-order valence-electron chi connectivity index (χ2n) is 5.95. The molecule has 11 heteroatoms. The Hall–Kier alpha value is -1.33. The molecule has 0 aliphatic heterocycles. The van der Waals surface area contributed by atoms with Crippen molar-refractivity contribution in [3.63, 3.8) is 0 Å².